The second kappa shape index (κ2) is 38.7. The van der Waals surface area contributed by atoms with Crippen molar-refractivity contribution in [2.75, 3.05) is 32.7 Å². The number of nitrogens with two attached hydrogens (primary N) is 4. The van der Waals surface area contributed by atoms with Gasteiger partial charge in [0, 0.05) is 25.9 Å². The summed E-state index contributed by atoms with van der Waals surface area (Å²) in [5.41, 5.74) is 21.9. The van der Waals surface area contributed by atoms with Crippen LogP contribution in [0.2, 0.25) is 0 Å². The number of benzene rings is 1. The van der Waals surface area contributed by atoms with E-state index in [9.17, 15) is 72.5 Å². The number of hydrogen-bond acceptors (Lipinski definition) is 16. The Morgan fingerprint density at radius 1 is 0.589 bits per heavy atom. The normalized spacial score (nSPS) is 15.9. The van der Waals surface area contributed by atoms with Gasteiger partial charge in [-0.2, -0.15) is 0 Å². The van der Waals surface area contributed by atoms with Crippen LogP contribution in [0.25, 0.3) is 0 Å². The summed E-state index contributed by atoms with van der Waals surface area (Å²) >= 11 is 0. The molecule has 1 fully saturated rings. The summed E-state index contributed by atoms with van der Waals surface area (Å²) in [6, 6.07) is -5.46. The van der Waals surface area contributed by atoms with Crippen LogP contribution < -0.4 is 76.1 Å². The molecule has 1 aromatic rings. The monoisotopic (exact) mass is 1270 g/mol. The summed E-state index contributed by atoms with van der Waals surface area (Å²) in [6.45, 7) is 15.7. The van der Waals surface area contributed by atoms with Crippen LogP contribution in [0.4, 0.5) is 0 Å². The Bertz CT molecular complexity index is 2670. The van der Waals surface area contributed by atoms with Crippen LogP contribution in [-0.2, 0) is 68.7 Å². The first kappa shape index (κ1) is 77.5. The molecule has 31 heteroatoms. The number of phenolic OH excluding ortho intramolecular Hbond substituents is 1. The minimum absolute atomic E-state index is 0.00442. The van der Waals surface area contributed by atoms with E-state index in [1.165, 1.54) is 29.2 Å². The number of guanidine groups is 1. The predicted molar refractivity (Wildman–Crippen MR) is 331 cm³/mol. The summed E-state index contributed by atoms with van der Waals surface area (Å²) in [5, 5.41) is 45.6. The maximum absolute atomic E-state index is 14.5. The van der Waals surface area contributed by atoms with Gasteiger partial charge in [-0.25, -0.2) is 4.79 Å². The predicted octanol–water partition coefficient (Wildman–Crippen LogP) is -3.15. The smallest absolute Gasteiger partial charge is 0.326 e. The van der Waals surface area contributed by atoms with E-state index in [0.29, 0.717) is 18.4 Å². The molecule has 1 heterocycles. The molecule has 0 unspecified atom stereocenters. The zero-order valence-electron chi connectivity index (χ0n) is 53.4. The summed E-state index contributed by atoms with van der Waals surface area (Å²) in [6.07, 6.45) is 0.851. The zero-order chi connectivity index (χ0) is 68.1. The molecule has 1 aliphatic rings. The Kier molecular flexibility index (Phi) is 33.3. The number of likely N-dealkylation sites (tertiary alicyclic amines) is 1. The Morgan fingerprint density at radius 2 is 1.12 bits per heavy atom. The fourth-order valence-electron chi connectivity index (χ4n) is 9.63. The van der Waals surface area contributed by atoms with Crippen molar-refractivity contribution in [3.63, 3.8) is 0 Å². The first-order valence-electron chi connectivity index (χ1n) is 30.5. The molecule has 504 valence electrons. The number of hydrogen-bond donors (Lipinski definition) is 16. The molecule has 31 nitrogen and oxygen atoms in total. The molecule has 0 spiro atoms. The topological polar surface area (TPSA) is 502 Å². The van der Waals surface area contributed by atoms with E-state index in [0.717, 1.165) is 0 Å². The molecule has 0 aliphatic carbocycles. The van der Waals surface area contributed by atoms with Gasteiger partial charge in [0.25, 0.3) is 0 Å². The Morgan fingerprint density at radius 3 is 1.68 bits per heavy atom. The van der Waals surface area contributed by atoms with Gasteiger partial charge in [0.2, 0.25) is 70.9 Å². The minimum atomic E-state index is -1.41. The van der Waals surface area contributed by atoms with Crippen molar-refractivity contribution < 1.29 is 72.5 Å². The number of carboxylic acids is 1. The molecule has 1 aliphatic heterocycles. The number of carbonyl (C=O) groups excluding carboxylic acids is 12. The molecule has 10 atom stereocenters. The van der Waals surface area contributed by atoms with E-state index < -0.39 is 169 Å². The number of aliphatic imine (C=N–C) groups is 1. The number of aliphatic carboxylic acids is 1. The Hall–Kier alpha value is -8.64. The summed E-state index contributed by atoms with van der Waals surface area (Å²) < 4.78 is 0. The lowest BCUT2D eigenvalue weighted by molar-refractivity contribution is -0.145. The molecule has 0 radical (unpaired) electrons. The first-order chi connectivity index (χ1) is 42.2. The van der Waals surface area contributed by atoms with Gasteiger partial charge in [-0.15, -0.1) is 0 Å². The maximum Gasteiger partial charge on any atom is 0.326 e. The summed E-state index contributed by atoms with van der Waals surface area (Å²) in [5.74, 6) is -12.7. The number of aromatic hydroxyl groups is 1. The number of carbonyl (C=O) groups is 13. The van der Waals surface area contributed by atoms with Crippen molar-refractivity contribution in [2.24, 2.45) is 57.5 Å². The van der Waals surface area contributed by atoms with Crippen LogP contribution in [0, 0.1) is 29.6 Å². The fourth-order valence-corrected chi connectivity index (χ4v) is 9.63. The van der Waals surface area contributed by atoms with Crippen molar-refractivity contribution >= 4 is 82.8 Å². The molecular formula is C59H98N16O15. The standard InChI is InChI=1S/C59H98N16O15/c1-11-34(10)49(74-50(81)37(20-21-43(61)77)67-44(78)27-60)56(87)73-47(32(6)7)54(85)66-28-45(79)65-29-46(80)72-48(33(8)9)55(86)70-40(26-35-16-18-36(76)19-17-35)52(83)69-39(24-30(2)3)51(82)71-41(25-31(4)5)57(88)75-23-13-15-42(75)53(84)68-38(58(89)90)14-12-22-64-59(62)63/h16-19,30-34,37-42,47-49,76H,11-15,20-29,60H2,1-10H3,(H2,61,77)(H,65,79)(H,66,85)(H,67,78)(H,68,84)(H,69,83)(H,70,86)(H,71,82)(H,72,80)(H,73,87)(H,74,81)(H,89,90)(H4,62,63,64)/t34-,37-,38-,39-,40-,41-,42-,47-,48-,49-/m0/s1. The van der Waals surface area contributed by atoms with Crippen molar-refractivity contribution in [3.05, 3.63) is 29.8 Å². The Balaban J connectivity index is 2.26. The molecule has 1 saturated heterocycles. The molecular weight excluding hydrogens is 1170 g/mol. The van der Waals surface area contributed by atoms with Crippen molar-refractivity contribution in [2.45, 2.75) is 188 Å². The molecule has 2 rings (SSSR count). The van der Waals surface area contributed by atoms with E-state index in [2.05, 4.69) is 58.2 Å². The lowest BCUT2D eigenvalue weighted by Crippen LogP contribution is -2.60. The van der Waals surface area contributed by atoms with Gasteiger partial charge >= 0.3 is 5.97 Å². The van der Waals surface area contributed by atoms with Gasteiger partial charge in [-0.1, -0.05) is 87.8 Å². The highest BCUT2D eigenvalue weighted by Gasteiger charge is 2.41. The number of nitrogens with zero attached hydrogens (tertiary/aromatic N) is 2. The highest BCUT2D eigenvalue weighted by atomic mass is 16.4. The fraction of sp³-hybridized carbons (Fsp3) is 0.661. The lowest BCUT2D eigenvalue weighted by Gasteiger charge is -2.31. The number of primary amides is 1. The number of amides is 12. The van der Waals surface area contributed by atoms with Gasteiger partial charge < -0.3 is 91.2 Å². The highest BCUT2D eigenvalue weighted by molar-refractivity contribution is 5.99. The summed E-state index contributed by atoms with van der Waals surface area (Å²) in [7, 11) is 0. The first-order valence-corrected chi connectivity index (χ1v) is 30.5. The van der Waals surface area contributed by atoms with Crippen LogP contribution >= 0.6 is 0 Å². The molecule has 20 N–H and O–H groups in total. The number of phenols is 1. The average Bonchev–Trinajstić information content (AvgIpc) is 1.65. The van der Waals surface area contributed by atoms with E-state index in [-0.39, 0.29) is 88.0 Å². The average molecular weight is 1270 g/mol. The van der Waals surface area contributed by atoms with Crippen LogP contribution in [0.3, 0.4) is 0 Å². The van der Waals surface area contributed by atoms with Gasteiger partial charge in [0.1, 0.15) is 60.1 Å². The molecule has 0 saturated carbocycles. The maximum atomic E-state index is 14.5. The highest BCUT2D eigenvalue weighted by Crippen LogP contribution is 2.22. The van der Waals surface area contributed by atoms with Crippen LogP contribution in [0.15, 0.2) is 29.3 Å². The van der Waals surface area contributed by atoms with Crippen LogP contribution in [-0.4, -0.2) is 185 Å². The second-order valence-electron chi connectivity index (χ2n) is 24.1. The molecule has 0 bridgehead atoms. The molecule has 12 amide bonds. The Labute approximate surface area is 525 Å². The number of nitrogens with one attached hydrogen (secondary N) is 10. The lowest BCUT2D eigenvalue weighted by atomic mass is 9.96. The van der Waals surface area contributed by atoms with E-state index >= 15 is 0 Å². The second-order valence-corrected chi connectivity index (χ2v) is 24.1. The van der Waals surface area contributed by atoms with Crippen molar-refractivity contribution in [1.82, 2.24) is 58.1 Å². The van der Waals surface area contributed by atoms with E-state index in [4.69, 9.17) is 22.9 Å². The third kappa shape index (κ3) is 27.4. The molecule has 0 aromatic heterocycles. The van der Waals surface area contributed by atoms with Crippen molar-refractivity contribution in [3.8, 4) is 5.75 Å². The minimum Gasteiger partial charge on any atom is -0.508 e. The van der Waals surface area contributed by atoms with Gasteiger partial charge in [0.05, 0.1) is 19.6 Å². The number of rotatable bonds is 39. The largest absolute Gasteiger partial charge is 0.508 e. The number of carboxylic acid groups (broad SMARTS) is 1. The van der Waals surface area contributed by atoms with Crippen LogP contribution in [0.5, 0.6) is 5.75 Å². The third-order valence-corrected chi connectivity index (χ3v) is 14.8. The quantitative estimate of drug-likeness (QED) is 0.0176. The van der Waals surface area contributed by atoms with E-state index in [1.807, 2.05) is 13.8 Å². The summed E-state index contributed by atoms with van der Waals surface area (Å²) in [4.78, 5) is 179. The third-order valence-electron chi connectivity index (χ3n) is 14.8. The van der Waals surface area contributed by atoms with Crippen molar-refractivity contribution in [1.29, 1.82) is 0 Å². The van der Waals surface area contributed by atoms with Gasteiger partial charge in [-0.05, 0) is 92.2 Å². The molecule has 1 aromatic carbocycles. The molecule has 90 heavy (non-hydrogen) atoms. The van der Waals surface area contributed by atoms with E-state index in [1.54, 1.807) is 55.4 Å². The van der Waals surface area contributed by atoms with Crippen LogP contribution in [0.1, 0.15) is 133 Å². The van der Waals surface area contributed by atoms with Gasteiger partial charge in [-0.3, -0.25) is 62.5 Å². The zero-order valence-corrected chi connectivity index (χ0v) is 53.4. The SMILES string of the molecule is CC[C@H](C)[C@H](NC(=O)[C@H](CCC(N)=O)NC(=O)CN)C(=O)N[C@H](C(=O)NCC(=O)NCC(=O)N[C@H](C(=O)N[C@@H](Cc1ccc(O)cc1)C(=O)N[C@@H](CC(C)C)C(=O)N[C@@H](CC(C)C)C(=O)N1CCC[C@H]1C(=O)N[C@@H](CCCN=C(N)N)C(=O)O)C(C)C)C(C)C. The van der Waals surface area contributed by atoms with Gasteiger partial charge in [0.15, 0.2) is 5.96 Å².